The number of nitrogens with two attached hydrogens (primary N) is 1. The first-order valence-corrected chi connectivity index (χ1v) is 8.50. The molecule has 0 fully saturated rings. The number of ether oxygens (including phenoxy) is 2. The number of methoxy groups -OCH3 is 2. The van der Waals surface area contributed by atoms with E-state index in [2.05, 4.69) is 9.98 Å². The molecule has 0 bridgehead atoms. The normalized spacial score (nSPS) is 14.3. The third-order valence-corrected chi connectivity index (χ3v) is 4.80. The number of pyridine rings is 1. The molecule has 4 N–H and O–H groups in total. The highest BCUT2D eigenvalue weighted by Gasteiger charge is 2.19. The van der Waals surface area contributed by atoms with Crippen LogP contribution < -0.4 is 11.3 Å². The third kappa shape index (κ3) is 4.07. The second kappa shape index (κ2) is 8.06. The summed E-state index contributed by atoms with van der Waals surface area (Å²) < 4.78 is 12.6. The number of aromatic nitrogens is 2. The number of hydrogen-bond donors (Lipinski definition) is 3. The van der Waals surface area contributed by atoms with Crippen LogP contribution in [0.1, 0.15) is 18.7 Å². The van der Waals surface area contributed by atoms with Gasteiger partial charge in [0.15, 0.2) is 0 Å². The van der Waals surface area contributed by atoms with Gasteiger partial charge in [0.05, 0.1) is 37.7 Å². The Hall–Kier alpha value is -1.79. The van der Waals surface area contributed by atoms with E-state index in [1.807, 2.05) is 35.6 Å². The van der Waals surface area contributed by atoms with Crippen LogP contribution in [0.3, 0.4) is 0 Å². The van der Waals surface area contributed by atoms with Gasteiger partial charge in [-0.25, -0.2) is 4.99 Å². The van der Waals surface area contributed by atoms with Crippen molar-refractivity contribution in [2.24, 2.45) is 17.8 Å². The molecule has 10 heteroatoms. The molecule has 0 spiro atoms. The summed E-state index contributed by atoms with van der Waals surface area (Å²) in [6.45, 7) is 1.88. The van der Waals surface area contributed by atoms with Crippen LogP contribution in [0.2, 0.25) is 0 Å². The number of fused-ring (bicyclic) bond motifs is 1. The van der Waals surface area contributed by atoms with Gasteiger partial charge in [-0.1, -0.05) is 0 Å². The van der Waals surface area contributed by atoms with Gasteiger partial charge in [0, 0.05) is 18.0 Å². The average molecular weight is 458 g/mol. The van der Waals surface area contributed by atoms with E-state index in [0.29, 0.717) is 20.8 Å². The molecule has 1 unspecified atom stereocenters. The van der Waals surface area contributed by atoms with Crippen molar-refractivity contribution >= 4 is 52.1 Å². The lowest BCUT2D eigenvalue weighted by Gasteiger charge is -2.11. The van der Waals surface area contributed by atoms with Gasteiger partial charge in [-0.3, -0.25) is 4.98 Å². The topological polar surface area (TPSA) is 115 Å². The van der Waals surface area contributed by atoms with Gasteiger partial charge in [-0.05, 0) is 41.6 Å². The molecule has 1 atom stereocenters. The van der Waals surface area contributed by atoms with E-state index in [9.17, 15) is 10.0 Å². The highest BCUT2D eigenvalue weighted by atomic mass is 127. The van der Waals surface area contributed by atoms with Crippen LogP contribution in [-0.4, -0.2) is 46.8 Å². The number of hydrogen-bond acceptors (Lipinski definition) is 7. The molecule has 0 aliphatic carbocycles. The minimum absolute atomic E-state index is 0.224. The van der Waals surface area contributed by atoms with E-state index < -0.39 is 7.12 Å². The van der Waals surface area contributed by atoms with Crippen molar-refractivity contribution in [2.75, 3.05) is 14.2 Å². The summed E-state index contributed by atoms with van der Waals surface area (Å²) in [4.78, 5) is 8.93. The standard InChI is InChI=1S/C15H20BIN4O4/c1-8(20-15(25-4)13(17)14(18)24-3)10-5-9-6-12(16(22)23)21(2)11(9)7-19-10/h5-8,22-23H,18H2,1-4H3/b14-13-,20-15?. The molecule has 0 aliphatic rings. The summed E-state index contributed by atoms with van der Waals surface area (Å²) >= 11 is 2.01. The molecule has 0 saturated heterocycles. The smallest absolute Gasteiger partial charge is 0.482 e. The summed E-state index contributed by atoms with van der Waals surface area (Å²) in [6.07, 6.45) is 1.68. The van der Waals surface area contributed by atoms with Crippen LogP contribution in [0.15, 0.2) is 32.8 Å². The SMILES string of the molecule is COC(=NC(C)c1cc2cc(B(O)O)n(C)c2cn1)/C(I)=C(\N)OC. The van der Waals surface area contributed by atoms with E-state index in [1.54, 1.807) is 23.9 Å². The molecule has 0 aliphatic heterocycles. The fourth-order valence-corrected chi connectivity index (χ4v) is 2.96. The molecule has 8 nitrogen and oxygen atoms in total. The maximum atomic E-state index is 9.42. The van der Waals surface area contributed by atoms with E-state index >= 15 is 0 Å². The van der Waals surface area contributed by atoms with Crippen LogP contribution in [0, 0.1) is 0 Å². The fraction of sp³-hybridized carbons (Fsp3) is 0.333. The average Bonchev–Trinajstić information content (AvgIpc) is 2.94. The van der Waals surface area contributed by atoms with Crippen molar-refractivity contribution in [3.8, 4) is 0 Å². The third-order valence-electron chi connectivity index (χ3n) is 3.81. The lowest BCUT2D eigenvalue weighted by molar-refractivity contribution is 0.285. The molecule has 2 rings (SSSR count). The molecule has 25 heavy (non-hydrogen) atoms. The Morgan fingerprint density at radius 2 is 2.04 bits per heavy atom. The molecule has 134 valence electrons. The predicted octanol–water partition coefficient (Wildman–Crippen LogP) is 0.568. The highest BCUT2D eigenvalue weighted by molar-refractivity contribution is 14.1. The van der Waals surface area contributed by atoms with Crippen molar-refractivity contribution in [2.45, 2.75) is 13.0 Å². The number of halogens is 1. The zero-order valence-corrected chi connectivity index (χ0v) is 16.6. The van der Waals surface area contributed by atoms with Crippen molar-refractivity contribution < 1.29 is 19.5 Å². The van der Waals surface area contributed by atoms with Gasteiger partial charge in [-0.15, -0.1) is 0 Å². The Morgan fingerprint density at radius 1 is 1.36 bits per heavy atom. The number of rotatable bonds is 5. The van der Waals surface area contributed by atoms with Gasteiger partial charge in [0.25, 0.3) is 0 Å². The largest absolute Gasteiger partial charge is 0.505 e. The van der Waals surface area contributed by atoms with E-state index in [-0.39, 0.29) is 11.9 Å². The van der Waals surface area contributed by atoms with Crippen molar-refractivity contribution in [1.82, 2.24) is 9.55 Å². The maximum absolute atomic E-state index is 9.42. The van der Waals surface area contributed by atoms with Gasteiger partial charge in [0.2, 0.25) is 11.8 Å². The lowest BCUT2D eigenvalue weighted by Crippen LogP contribution is -2.34. The summed E-state index contributed by atoms with van der Waals surface area (Å²) in [5, 5.41) is 19.7. The summed E-state index contributed by atoms with van der Waals surface area (Å²) in [7, 11) is 3.20. The first-order chi connectivity index (χ1) is 11.8. The van der Waals surface area contributed by atoms with Crippen LogP contribution >= 0.6 is 22.6 Å². The van der Waals surface area contributed by atoms with Gasteiger partial charge >= 0.3 is 7.12 Å². The van der Waals surface area contributed by atoms with E-state index in [0.717, 1.165) is 10.9 Å². The molecule has 0 aromatic carbocycles. The molecule has 0 saturated carbocycles. The molecule has 2 heterocycles. The van der Waals surface area contributed by atoms with Crippen LogP contribution in [0.4, 0.5) is 0 Å². The molecule has 0 amide bonds. The zero-order valence-electron chi connectivity index (χ0n) is 14.4. The monoisotopic (exact) mass is 458 g/mol. The number of aliphatic imine (C=N–C) groups is 1. The first kappa shape index (κ1) is 19.5. The van der Waals surface area contributed by atoms with Crippen LogP contribution in [-0.2, 0) is 16.5 Å². The second-order valence-corrected chi connectivity index (χ2v) is 6.45. The zero-order chi connectivity index (χ0) is 18.7. The van der Waals surface area contributed by atoms with Crippen molar-refractivity contribution in [3.05, 3.63) is 33.5 Å². The summed E-state index contributed by atoms with van der Waals surface area (Å²) in [5.41, 5.74) is 7.66. The maximum Gasteiger partial charge on any atom is 0.505 e. The molecular formula is C15H20BIN4O4. The van der Waals surface area contributed by atoms with Gasteiger partial charge in [-0.2, -0.15) is 0 Å². The Morgan fingerprint density at radius 3 is 2.60 bits per heavy atom. The second-order valence-electron chi connectivity index (χ2n) is 5.37. The Bertz CT molecular complexity index is 834. The summed E-state index contributed by atoms with van der Waals surface area (Å²) in [6, 6.07) is 3.28. The minimum atomic E-state index is -1.54. The van der Waals surface area contributed by atoms with Gasteiger partial charge in [0.1, 0.15) is 3.58 Å². The van der Waals surface area contributed by atoms with Crippen molar-refractivity contribution in [1.29, 1.82) is 0 Å². The Balaban J connectivity index is 2.42. The quantitative estimate of drug-likeness (QED) is 0.199. The highest BCUT2D eigenvalue weighted by Crippen LogP contribution is 2.23. The molecular weight excluding hydrogens is 438 g/mol. The minimum Gasteiger partial charge on any atom is -0.482 e. The van der Waals surface area contributed by atoms with Crippen molar-refractivity contribution in [3.63, 3.8) is 0 Å². The van der Waals surface area contributed by atoms with Gasteiger partial charge < -0.3 is 29.8 Å². The number of aryl methyl sites for hydroxylation is 1. The molecule has 2 aromatic rings. The van der Waals surface area contributed by atoms with E-state index in [4.69, 9.17) is 15.2 Å². The van der Waals surface area contributed by atoms with Crippen LogP contribution in [0.25, 0.3) is 10.9 Å². The first-order valence-electron chi connectivity index (χ1n) is 7.42. The fourth-order valence-electron chi connectivity index (χ4n) is 2.38. The Labute approximate surface area is 159 Å². The molecule has 0 radical (unpaired) electrons. The predicted molar refractivity (Wildman–Crippen MR) is 106 cm³/mol. The molecule has 2 aromatic heterocycles. The summed E-state index contributed by atoms with van der Waals surface area (Å²) in [5.74, 6) is 0.579. The van der Waals surface area contributed by atoms with E-state index in [1.165, 1.54) is 14.2 Å². The lowest BCUT2D eigenvalue weighted by atomic mass is 9.86. The Kier molecular flexibility index (Phi) is 6.30. The van der Waals surface area contributed by atoms with Crippen LogP contribution in [0.5, 0.6) is 0 Å². The number of nitrogens with zero attached hydrogens (tertiary/aromatic N) is 3.